The summed E-state index contributed by atoms with van der Waals surface area (Å²) < 4.78 is 26.8. The Labute approximate surface area is 154 Å². The number of carbonyl (C=O) groups excluding carboxylic acids is 1. The molecule has 6 heteroatoms. The van der Waals surface area contributed by atoms with E-state index in [0.717, 1.165) is 10.4 Å². The van der Waals surface area contributed by atoms with Gasteiger partial charge < -0.3 is 5.32 Å². The van der Waals surface area contributed by atoms with Crippen molar-refractivity contribution in [1.82, 2.24) is 5.32 Å². The van der Waals surface area contributed by atoms with Crippen molar-refractivity contribution in [3.8, 4) is 0 Å². The molecule has 2 N–H and O–H groups in total. The number of hydrogen-bond donors (Lipinski definition) is 2. The Bertz CT molecular complexity index is 879. The molecule has 0 spiro atoms. The Hall–Kier alpha value is -2.57. The van der Waals surface area contributed by atoms with Crippen LogP contribution in [0.5, 0.6) is 0 Å². The molecule has 3 aromatic rings. The summed E-state index contributed by atoms with van der Waals surface area (Å²) in [4.78, 5) is 13.2. The fourth-order valence-corrected chi connectivity index (χ4v) is 3.39. The molecule has 1 aromatic heterocycles. The van der Waals surface area contributed by atoms with Crippen molar-refractivity contribution in [3.05, 3.63) is 87.6 Å². The third-order valence-electron chi connectivity index (χ3n) is 3.95. The van der Waals surface area contributed by atoms with Crippen LogP contribution in [0.4, 0.5) is 14.5 Å². The Morgan fingerprint density at radius 1 is 1.12 bits per heavy atom. The number of thiophene rings is 1. The highest BCUT2D eigenvalue weighted by atomic mass is 32.1. The van der Waals surface area contributed by atoms with Gasteiger partial charge in [0.15, 0.2) is 0 Å². The lowest BCUT2D eigenvalue weighted by atomic mass is 10.1. The number of hydrogen-bond acceptors (Lipinski definition) is 3. The van der Waals surface area contributed by atoms with Gasteiger partial charge in [-0.05, 0) is 53.8 Å². The summed E-state index contributed by atoms with van der Waals surface area (Å²) in [6.45, 7) is 1.70. The van der Waals surface area contributed by atoms with Crippen molar-refractivity contribution >= 4 is 22.9 Å². The van der Waals surface area contributed by atoms with E-state index in [1.807, 2.05) is 17.5 Å². The molecule has 26 heavy (non-hydrogen) atoms. The van der Waals surface area contributed by atoms with Crippen LogP contribution in [0, 0.1) is 18.6 Å². The smallest absolute Gasteiger partial charge is 0.238 e. The van der Waals surface area contributed by atoms with E-state index in [1.54, 1.807) is 42.5 Å². The van der Waals surface area contributed by atoms with Crippen molar-refractivity contribution < 1.29 is 13.6 Å². The zero-order valence-corrected chi connectivity index (χ0v) is 14.9. The van der Waals surface area contributed by atoms with E-state index in [9.17, 15) is 13.6 Å². The van der Waals surface area contributed by atoms with Gasteiger partial charge in [0.2, 0.25) is 5.91 Å². The van der Waals surface area contributed by atoms with Gasteiger partial charge in [-0.3, -0.25) is 10.1 Å². The second-order valence-electron chi connectivity index (χ2n) is 5.89. The minimum absolute atomic E-state index is 0.0371. The third-order valence-corrected chi connectivity index (χ3v) is 4.89. The van der Waals surface area contributed by atoms with Crippen LogP contribution in [0.3, 0.4) is 0 Å². The Kier molecular flexibility index (Phi) is 5.75. The average molecular weight is 372 g/mol. The molecule has 0 bridgehead atoms. The lowest BCUT2D eigenvalue weighted by Gasteiger charge is -2.18. The monoisotopic (exact) mass is 372 g/mol. The second kappa shape index (κ2) is 8.21. The fourth-order valence-electron chi connectivity index (χ4n) is 2.56. The molecular weight excluding hydrogens is 354 g/mol. The molecule has 134 valence electrons. The van der Waals surface area contributed by atoms with E-state index in [-0.39, 0.29) is 30.1 Å². The molecule has 0 radical (unpaired) electrons. The van der Waals surface area contributed by atoms with E-state index in [1.165, 1.54) is 18.2 Å². The minimum Gasteiger partial charge on any atom is -0.325 e. The molecule has 1 atom stereocenters. The van der Waals surface area contributed by atoms with Gasteiger partial charge in [0, 0.05) is 10.6 Å². The zero-order chi connectivity index (χ0) is 18.5. The molecule has 0 aliphatic heterocycles. The Morgan fingerprint density at radius 2 is 1.88 bits per heavy atom. The van der Waals surface area contributed by atoms with Gasteiger partial charge in [-0.1, -0.05) is 24.3 Å². The first-order valence-electron chi connectivity index (χ1n) is 8.11. The van der Waals surface area contributed by atoms with Crippen LogP contribution in [-0.4, -0.2) is 12.5 Å². The van der Waals surface area contributed by atoms with Gasteiger partial charge >= 0.3 is 0 Å². The Balaban J connectivity index is 1.68. The number of halogens is 2. The number of amides is 1. The van der Waals surface area contributed by atoms with Crippen molar-refractivity contribution in [2.45, 2.75) is 13.0 Å². The molecule has 0 aliphatic rings. The van der Waals surface area contributed by atoms with Gasteiger partial charge in [-0.15, -0.1) is 11.3 Å². The summed E-state index contributed by atoms with van der Waals surface area (Å²) in [6.07, 6.45) is 0. The molecule has 0 unspecified atom stereocenters. The number of rotatable bonds is 6. The zero-order valence-electron chi connectivity index (χ0n) is 14.1. The average Bonchev–Trinajstić information content (AvgIpc) is 3.14. The lowest BCUT2D eigenvalue weighted by molar-refractivity contribution is -0.115. The maximum absolute atomic E-state index is 13.6. The fraction of sp³-hybridized carbons (Fsp3) is 0.150. The predicted octanol–water partition coefficient (Wildman–Crippen LogP) is 4.65. The van der Waals surface area contributed by atoms with Gasteiger partial charge in [0.1, 0.15) is 11.6 Å². The van der Waals surface area contributed by atoms with Gasteiger partial charge in [0.25, 0.3) is 0 Å². The first-order valence-corrected chi connectivity index (χ1v) is 8.99. The summed E-state index contributed by atoms with van der Waals surface area (Å²) in [5.74, 6) is -0.951. The number of aryl methyl sites for hydroxylation is 1. The summed E-state index contributed by atoms with van der Waals surface area (Å²) in [5, 5.41) is 7.81. The summed E-state index contributed by atoms with van der Waals surface area (Å²) in [6, 6.07) is 14.4. The first-order chi connectivity index (χ1) is 12.5. The molecule has 0 saturated carbocycles. The number of anilines is 1. The normalized spacial score (nSPS) is 12.0. The molecule has 0 saturated heterocycles. The SMILES string of the molecule is Cc1ccc(NC(=O)CN[C@@H](c2ccc(F)cc2)c2cccs2)cc1F. The second-order valence-corrected chi connectivity index (χ2v) is 6.87. The van der Waals surface area contributed by atoms with E-state index < -0.39 is 0 Å². The standard InChI is InChI=1S/C20H18F2N2OS/c1-13-4-9-16(11-17(13)22)24-19(25)12-23-20(18-3-2-10-26-18)14-5-7-15(21)8-6-14/h2-11,20,23H,12H2,1H3,(H,24,25)/t20-/m0/s1. The summed E-state index contributed by atoms with van der Waals surface area (Å²) in [5.41, 5.74) is 1.80. The van der Waals surface area contributed by atoms with Crippen LogP contribution < -0.4 is 10.6 Å². The third kappa shape index (κ3) is 4.53. The van der Waals surface area contributed by atoms with E-state index >= 15 is 0 Å². The lowest BCUT2D eigenvalue weighted by Crippen LogP contribution is -2.31. The van der Waals surface area contributed by atoms with Crippen LogP contribution in [0.25, 0.3) is 0 Å². The van der Waals surface area contributed by atoms with Gasteiger partial charge in [-0.25, -0.2) is 8.78 Å². The predicted molar refractivity (Wildman–Crippen MR) is 100 cm³/mol. The number of carbonyl (C=O) groups is 1. The molecule has 0 aliphatic carbocycles. The highest BCUT2D eigenvalue weighted by molar-refractivity contribution is 7.10. The molecular formula is C20H18F2N2OS. The number of nitrogens with one attached hydrogen (secondary N) is 2. The largest absolute Gasteiger partial charge is 0.325 e. The van der Waals surface area contributed by atoms with Crippen molar-refractivity contribution in [1.29, 1.82) is 0 Å². The van der Waals surface area contributed by atoms with E-state index in [4.69, 9.17) is 0 Å². The van der Waals surface area contributed by atoms with Crippen LogP contribution in [-0.2, 0) is 4.79 Å². The van der Waals surface area contributed by atoms with Crippen LogP contribution in [0.1, 0.15) is 22.0 Å². The molecule has 2 aromatic carbocycles. The topological polar surface area (TPSA) is 41.1 Å². The van der Waals surface area contributed by atoms with E-state index in [2.05, 4.69) is 10.6 Å². The van der Waals surface area contributed by atoms with Gasteiger partial charge in [-0.2, -0.15) is 0 Å². The Morgan fingerprint density at radius 3 is 2.54 bits per heavy atom. The van der Waals surface area contributed by atoms with Crippen LogP contribution >= 0.6 is 11.3 Å². The maximum atomic E-state index is 13.6. The first kappa shape index (κ1) is 18.2. The molecule has 0 fully saturated rings. The molecule has 3 nitrogen and oxygen atoms in total. The summed E-state index contributed by atoms with van der Waals surface area (Å²) in [7, 11) is 0. The minimum atomic E-state index is -0.362. The highest BCUT2D eigenvalue weighted by Gasteiger charge is 2.16. The van der Waals surface area contributed by atoms with Crippen LogP contribution in [0.15, 0.2) is 60.0 Å². The molecule has 1 amide bonds. The number of benzene rings is 2. The quantitative estimate of drug-likeness (QED) is 0.661. The van der Waals surface area contributed by atoms with Crippen molar-refractivity contribution in [2.24, 2.45) is 0 Å². The van der Waals surface area contributed by atoms with Crippen molar-refractivity contribution in [2.75, 3.05) is 11.9 Å². The molecule has 1 heterocycles. The van der Waals surface area contributed by atoms with E-state index in [0.29, 0.717) is 11.3 Å². The van der Waals surface area contributed by atoms with Crippen LogP contribution in [0.2, 0.25) is 0 Å². The highest BCUT2D eigenvalue weighted by Crippen LogP contribution is 2.26. The van der Waals surface area contributed by atoms with Crippen molar-refractivity contribution in [3.63, 3.8) is 0 Å². The maximum Gasteiger partial charge on any atom is 0.238 e. The molecule has 3 rings (SSSR count). The van der Waals surface area contributed by atoms with Gasteiger partial charge in [0.05, 0.1) is 12.6 Å². The summed E-state index contributed by atoms with van der Waals surface area (Å²) >= 11 is 1.55.